The fourth-order valence-corrected chi connectivity index (χ4v) is 2.40. The van der Waals surface area contributed by atoms with Gasteiger partial charge < -0.3 is 4.74 Å². The summed E-state index contributed by atoms with van der Waals surface area (Å²) in [6.45, 7) is 5.88. The van der Waals surface area contributed by atoms with Crippen LogP contribution in [-0.4, -0.2) is 30.0 Å². The number of hydrogen-bond acceptors (Lipinski definition) is 3. The minimum Gasteiger partial charge on any atom is -0.381 e. The summed E-state index contributed by atoms with van der Waals surface area (Å²) in [5.41, 5.74) is 0. The lowest BCUT2D eigenvalue weighted by molar-refractivity contribution is -0.123. The van der Waals surface area contributed by atoms with Gasteiger partial charge in [0.1, 0.15) is 5.78 Å². The molecule has 0 aromatic carbocycles. The molecule has 2 nitrogen and oxygen atoms in total. The van der Waals surface area contributed by atoms with Crippen molar-refractivity contribution >= 4 is 17.5 Å². The highest BCUT2D eigenvalue weighted by molar-refractivity contribution is 8.00. The Bertz CT molecular complexity index is 176. The van der Waals surface area contributed by atoms with E-state index in [1.807, 2.05) is 0 Å². The zero-order chi connectivity index (χ0) is 10.4. The van der Waals surface area contributed by atoms with Crippen LogP contribution >= 0.6 is 11.8 Å². The Hall–Kier alpha value is -0.0200. The lowest BCUT2D eigenvalue weighted by Gasteiger charge is -2.21. The van der Waals surface area contributed by atoms with Crippen molar-refractivity contribution in [3.63, 3.8) is 0 Å². The fraction of sp³-hybridized carbons (Fsp3) is 0.909. The van der Waals surface area contributed by atoms with Gasteiger partial charge in [0.25, 0.3) is 0 Å². The molecule has 1 saturated heterocycles. The van der Waals surface area contributed by atoms with E-state index in [-0.39, 0.29) is 5.92 Å². The first-order valence-electron chi connectivity index (χ1n) is 5.46. The fourth-order valence-electron chi connectivity index (χ4n) is 1.48. The zero-order valence-corrected chi connectivity index (χ0v) is 9.94. The van der Waals surface area contributed by atoms with Crippen molar-refractivity contribution in [2.45, 2.75) is 38.4 Å². The predicted octanol–water partition coefficient (Wildman–Crippen LogP) is 2.51. The molecular formula is C11H20O2S. The molecule has 1 fully saturated rings. The summed E-state index contributed by atoms with van der Waals surface area (Å²) in [7, 11) is 0. The molecule has 0 amide bonds. The largest absolute Gasteiger partial charge is 0.381 e. The molecule has 14 heavy (non-hydrogen) atoms. The van der Waals surface area contributed by atoms with Crippen molar-refractivity contribution in [3.8, 4) is 0 Å². The van der Waals surface area contributed by atoms with Gasteiger partial charge in [-0.15, -0.1) is 0 Å². The SMILES string of the molecule is CCC(C)SCC(=O)C1CCOCC1. The van der Waals surface area contributed by atoms with Gasteiger partial charge in [-0.2, -0.15) is 11.8 Å². The highest BCUT2D eigenvalue weighted by Gasteiger charge is 2.21. The smallest absolute Gasteiger partial charge is 0.145 e. The molecule has 1 unspecified atom stereocenters. The maximum absolute atomic E-state index is 11.7. The molecule has 0 saturated carbocycles. The van der Waals surface area contributed by atoms with Crippen LogP contribution in [0.3, 0.4) is 0 Å². The third kappa shape index (κ3) is 4.01. The van der Waals surface area contributed by atoms with E-state index < -0.39 is 0 Å². The molecule has 1 rings (SSSR count). The molecule has 0 aliphatic carbocycles. The van der Waals surface area contributed by atoms with Crippen LogP contribution in [0, 0.1) is 5.92 Å². The Balaban J connectivity index is 2.19. The first-order valence-corrected chi connectivity index (χ1v) is 6.51. The molecule has 82 valence electrons. The van der Waals surface area contributed by atoms with Crippen molar-refractivity contribution < 1.29 is 9.53 Å². The summed E-state index contributed by atoms with van der Waals surface area (Å²) >= 11 is 1.79. The summed E-state index contributed by atoms with van der Waals surface area (Å²) in [5, 5.41) is 0.610. The molecule has 0 N–H and O–H groups in total. The topological polar surface area (TPSA) is 26.3 Å². The minimum atomic E-state index is 0.278. The number of thioether (sulfide) groups is 1. The van der Waals surface area contributed by atoms with Gasteiger partial charge in [0.2, 0.25) is 0 Å². The van der Waals surface area contributed by atoms with Crippen molar-refractivity contribution in [1.29, 1.82) is 0 Å². The normalized spacial score (nSPS) is 20.7. The molecule has 1 atom stereocenters. The minimum absolute atomic E-state index is 0.278. The van der Waals surface area contributed by atoms with Crippen LogP contribution in [-0.2, 0) is 9.53 Å². The van der Waals surface area contributed by atoms with Crippen LogP contribution in [0.15, 0.2) is 0 Å². The predicted molar refractivity (Wildman–Crippen MR) is 60.8 cm³/mol. The molecule has 0 bridgehead atoms. The average Bonchev–Trinajstić information content (AvgIpc) is 2.26. The standard InChI is InChI=1S/C11H20O2S/c1-3-9(2)14-8-11(12)10-4-6-13-7-5-10/h9-10H,3-8H2,1-2H3. The zero-order valence-electron chi connectivity index (χ0n) is 9.12. The Kier molecular flexibility index (Phi) is 5.56. The number of carbonyl (C=O) groups is 1. The van der Waals surface area contributed by atoms with Crippen LogP contribution in [0.5, 0.6) is 0 Å². The Morgan fingerprint density at radius 2 is 2.14 bits per heavy atom. The number of ether oxygens (including phenoxy) is 1. The second-order valence-corrected chi connectivity index (χ2v) is 5.31. The van der Waals surface area contributed by atoms with E-state index in [9.17, 15) is 4.79 Å². The summed E-state index contributed by atoms with van der Waals surface area (Å²) in [5.74, 6) is 1.40. The molecule has 1 aliphatic heterocycles. The van der Waals surface area contributed by atoms with Crippen LogP contribution in [0.2, 0.25) is 0 Å². The molecular weight excluding hydrogens is 196 g/mol. The van der Waals surface area contributed by atoms with E-state index in [0.717, 1.165) is 32.5 Å². The average molecular weight is 216 g/mol. The lowest BCUT2D eigenvalue weighted by Crippen LogP contribution is -2.25. The first kappa shape index (κ1) is 12.1. The number of Topliss-reactive ketones (excluding diaryl/α,β-unsaturated/α-hetero) is 1. The van der Waals surface area contributed by atoms with Crippen molar-refractivity contribution in [3.05, 3.63) is 0 Å². The van der Waals surface area contributed by atoms with E-state index in [0.29, 0.717) is 16.8 Å². The number of rotatable bonds is 5. The van der Waals surface area contributed by atoms with Crippen molar-refractivity contribution in [2.24, 2.45) is 5.92 Å². The third-order valence-electron chi connectivity index (χ3n) is 2.76. The van der Waals surface area contributed by atoms with Gasteiger partial charge in [0, 0.05) is 24.4 Å². The van der Waals surface area contributed by atoms with E-state index in [1.54, 1.807) is 11.8 Å². The summed E-state index contributed by atoms with van der Waals surface area (Å²) in [4.78, 5) is 11.7. The lowest BCUT2D eigenvalue weighted by atomic mass is 9.96. The summed E-state index contributed by atoms with van der Waals surface area (Å²) in [6.07, 6.45) is 3.01. The van der Waals surface area contributed by atoms with Gasteiger partial charge in [0.05, 0.1) is 5.75 Å². The molecule has 3 heteroatoms. The highest BCUT2D eigenvalue weighted by Crippen LogP contribution is 2.20. The van der Waals surface area contributed by atoms with Crippen molar-refractivity contribution in [2.75, 3.05) is 19.0 Å². The molecule has 0 spiro atoms. The molecule has 0 aromatic heterocycles. The van der Waals surface area contributed by atoms with Crippen LogP contribution < -0.4 is 0 Å². The maximum atomic E-state index is 11.7. The second-order valence-electron chi connectivity index (χ2n) is 3.88. The van der Waals surface area contributed by atoms with E-state index in [4.69, 9.17) is 4.74 Å². The highest BCUT2D eigenvalue weighted by atomic mass is 32.2. The molecule has 1 heterocycles. The van der Waals surface area contributed by atoms with Gasteiger partial charge in [-0.25, -0.2) is 0 Å². The van der Waals surface area contributed by atoms with Crippen LogP contribution in [0.4, 0.5) is 0 Å². The van der Waals surface area contributed by atoms with E-state index in [1.165, 1.54) is 0 Å². The number of carbonyl (C=O) groups excluding carboxylic acids is 1. The maximum Gasteiger partial charge on any atom is 0.145 e. The monoisotopic (exact) mass is 216 g/mol. The Morgan fingerprint density at radius 3 is 2.71 bits per heavy atom. The van der Waals surface area contributed by atoms with Gasteiger partial charge >= 0.3 is 0 Å². The Labute approximate surface area is 90.8 Å². The van der Waals surface area contributed by atoms with Crippen LogP contribution in [0.25, 0.3) is 0 Å². The third-order valence-corrected chi connectivity index (χ3v) is 4.12. The molecule has 0 aromatic rings. The van der Waals surface area contributed by atoms with Crippen LogP contribution in [0.1, 0.15) is 33.1 Å². The molecule has 0 radical (unpaired) electrons. The van der Waals surface area contributed by atoms with Crippen molar-refractivity contribution in [1.82, 2.24) is 0 Å². The Morgan fingerprint density at radius 1 is 1.50 bits per heavy atom. The van der Waals surface area contributed by atoms with Gasteiger partial charge in [0.15, 0.2) is 0 Å². The van der Waals surface area contributed by atoms with Gasteiger partial charge in [-0.3, -0.25) is 4.79 Å². The van der Waals surface area contributed by atoms with Gasteiger partial charge in [-0.1, -0.05) is 13.8 Å². The summed E-state index contributed by atoms with van der Waals surface area (Å²) < 4.78 is 5.24. The summed E-state index contributed by atoms with van der Waals surface area (Å²) in [6, 6.07) is 0. The molecule has 1 aliphatic rings. The van der Waals surface area contributed by atoms with Gasteiger partial charge in [-0.05, 0) is 19.3 Å². The quantitative estimate of drug-likeness (QED) is 0.706. The van der Waals surface area contributed by atoms with E-state index in [2.05, 4.69) is 13.8 Å². The number of ketones is 1. The number of hydrogen-bond donors (Lipinski definition) is 0. The second kappa shape index (κ2) is 6.46. The first-order chi connectivity index (χ1) is 6.74. The van der Waals surface area contributed by atoms with E-state index >= 15 is 0 Å².